The third-order valence-corrected chi connectivity index (χ3v) is 6.57. The first-order valence-electron chi connectivity index (χ1n) is 9.15. The predicted octanol–water partition coefficient (Wildman–Crippen LogP) is 3.81. The lowest BCUT2D eigenvalue weighted by Crippen LogP contribution is -2.68. The Morgan fingerprint density at radius 2 is 1.85 bits per heavy atom. The summed E-state index contributed by atoms with van der Waals surface area (Å²) in [5, 5.41) is 3.91. The summed E-state index contributed by atoms with van der Waals surface area (Å²) in [5.41, 5.74) is 0.450. The summed E-state index contributed by atoms with van der Waals surface area (Å²) < 4.78 is 0. The van der Waals surface area contributed by atoms with Gasteiger partial charge in [0.25, 0.3) is 0 Å². The first-order valence-corrected chi connectivity index (χ1v) is 9.15. The van der Waals surface area contributed by atoms with Crippen LogP contribution in [0.1, 0.15) is 72.1 Å². The van der Waals surface area contributed by atoms with Gasteiger partial charge in [-0.2, -0.15) is 0 Å². The molecule has 3 atom stereocenters. The molecule has 3 rings (SSSR count). The van der Waals surface area contributed by atoms with Crippen molar-refractivity contribution in [2.75, 3.05) is 13.1 Å². The second-order valence-electron chi connectivity index (χ2n) is 7.95. The molecule has 0 radical (unpaired) electrons. The smallest absolute Gasteiger partial charge is 0.0337 e. The van der Waals surface area contributed by atoms with Crippen LogP contribution in [-0.4, -0.2) is 35.6 Å². The highest BCUT2D eigenvalue weighted by Crippen LogP contribution is 2.46. The lowest BCUT2D eigenvalue weighted by Gasteiger charge is -2.54. The number of nitrogens with zero attached hydrogens (tertiary/aromatic N) is 1. The Morgan fingerprint density at radius 1 is 1.15 bits per heavy atom. The summed E-state index contributed by atoms with van der Waals surface area (Å²) in [6.45, 7) is 9.84. The van der Waals surface area contributed by atoms with Crippen LogP contribution in [-0.2, 0) is 0 Å². The minimum Gasteiger partial charge on any atom is -0.311 e. The van der Waals surface area contributed by atoms with E-state index in [2.05, 4.69) is 31.0 Å². The molecule has 20 heavy (non-hydrogen) atoms. The first-order chi connectivity index (χ1) is 9.65. The topological polar surface area (TPSA) is 15.3 Å². The van der Waals surface area contributed by atoms with E-state index in [0.717, 1.165) is 17.9 Å². The molecule has 116 valence electrons. The zero-order valence-electron chi connectivity index (χ0n) is 13.8. The van der Waals surface area contributed by atoms with Crippen LogP contribution in [0.4, 0.5) is 0 Å². The Labute approximate surface area is 125 Å². The molecule has 1 saturated heterocycles. The van der Waals surface area contributed by atoms with Crippen LogP contribution in [0.3, 0.4) is 0 Å². The van der Waals surface area contributed by atoms with Gasteiger partial charge in [-0.25, -0.2) is 0 Å². The van der Waals surface area contributed by atoms with Gasteiger partial charge >= 0.3 is 0 Å². The van der Waals surface area contributed by atoms with E-state index >= 15 is 0 Å². The molecule has 0 bridgehead atoms. The maximum absolute atomic E-state index is 3.91. The van der Waals surface area contributed by atoms with E-state index in [9.17, 15) is 0 Å². The van der Waals surface area contributed by atoms with Gasteiger partial charge in [0.15, 0.2) is 0 Å². The molecule has 2 heteroatoms. The highest BCUT2D eigenvalue weighted by molar-refractivity contribution is 5.07. The first kappa shape index (κ1) is 14.8. The van der Waals surface area contributed by atoms with Gasteiger partial charge in [0.05, 0.1) is 0 Å². The summed E-state index contributed by atoms with van der Waals surface area (Å²) in [5.74, 6) is 1.78. The van der Waals surface area contributed by atoms with Gasteiger partial charge in [-0.15, -0.1) is 0 Å². The van der Waals surface area contributed by atoms with Crippen LogP contribution in [0.2, 0.25) is 0 Å². The Kier molecular flexibility index (Phi) is 4.42. The maximum atomic E-state index is 3.91. The molecule has 0 aromatic rings. The highest BCUT2D eigenvalue weighted by atomic mass is 15.3. The SMILES string of the molecule is CCC(C)C1CN(C2CCCCC2)C(C)(C2CC2)CN1. The molecule has 3 unspecified atom stereocenters. The fourth-order valence-electron chi connectivity index (χ4n) is 4.63. The molecular formula is C18H34N2. The van der Waals surface area contributed by atoms with E-state index in [-0.39, 0.29) is 0 Å². The molecule has 0 spiro atoms. The molecule has 0 amide bonds. The van der Waals surface area contributed by atoms with Crippen molar-refractivity contribution in [1.29, 1.82) is 0 Å². The van der Waals surface area contributed by atoms with E-state index in [0.29, 0.717) is 11.6 Å². The van der Waals surface area contributed by atoms with Crippen LogP contribution < -0.4 is 5.32 Å². The number of rotatable bonds is 4. The quantitative estimate of drug-likeness (QED) is 0.841. The van der Waals surface area contributed by atoms with Crippen LogP contribution in [0.5, 0.6) is 0 Å². The van der Waals surface area contributed by atoms with Gasteiger partial charge in [0.2, 0.25) is 0 Å². The number of piperazine rings is 1. The van der Waals surface area contributed by atoms with E-state index < -0.39 is 0 Å². The van der Waals surface area contributed by atoms with Gasteiger partial charge in [-0.3, -0.25) is 4.90 Å². The Bertz CT molecular complexity index is 319. The summed E-state index contributed by atoms with van der Waals surface area (Å²) in [6, 6.07) is 1.59. The third kappa shape index (κ3) is 2.78. The summed E-state index contributed by atoms with van der Waals surface area (Å²) in [4.78, 5) is 2.97. The van der Waals surface area contributed by atoms with Crippen molar-refractivity contribution in [3.63, 3.8) is 0 Å². The Morgan fingerprint density at radius 3 is 2.45 bits per heavy atom. The summed E-state index contributed by atoms with van der Waals surface area (Å²) >= 11 is 0. The number of hydrogen-bond acceptors (Lipinski definition) is 2. The van der Waals surface area contributed by atoms with Crippen molar-refractivity contribution in [2.24, 2.45) is 11.8 Å². The largest absolute Gasteiger partial charge is 0.311 e. The maximum Gasteiger partial charge on any atom is 0.0337 e. The molecule has 1 aliphatic heterocycles. The van der Waals surface area contributed by atoms with Crippen LogP contribution >= 0.6 is 0 Å². The molecular weight excluding hydrogens is 244 g/mol. The molecule has 0 aromatic heterocycles. The van der Waals surface area contributed by atoms with Gasteiger partial charge < -0.3 is 5.32 Å². The minimum atomic E-state index is 0.450. The lowest BCUT2D eigenvalue weighted by molar-refractivity contribution is -0.0223. The molecule has 1 N–H and O–H groups in total. The minimum absolute atomic E-state index is 0.450. The molecule has 1 heterocycles. The lowest BCUT2D eigenvalue weighted by atomic mass is 9.82. The van der Waals surface area contributed by atoms with Gasteiger partial charge in [0, 0.05) is 30.7 Å². The standard InChI is InChI=1S/C18H34N2/c1-4-14(2)17-12-20(16-8-6-5-7-9-16)18(3,13-19-17)15-10-11-15/h14-17,19H,4-13H2,1-3H3. The van der Waals surface area contributed by atoms with Crippen molar-refractivity contribution in [3.05, 3.63) is 0 Å². The van der Waals surface area contributed by atoms with Crippen molar-refractivity contribution in [2.45, 2.75) is 89.8 Å². The second-order valence-corrected chi connectivity index (χ2v) is 7.95. The van der Waals surface area contributed by atoms with Crippen molar-refractivity contribution in [1.82, 2.24) is 10.2 Å². The van der Waals surface area contributed by atoms with Crippen molar-refractivity contribution in [3.8, 4) is 0 Å². The molecule has 2 aliphatic carbocycles. The van der Waals surface area contributed by atoms with Crippen LogP contribution in [0.25, 0.3) is 0 Å². The average molecular weight is 278 g/mol. The molecule has 2 nitrogen and oxygen atoms in total. The molecule has 0 aromatic carbocycles. The van der Waals surface area contributed by atoms with Crippen molar-refractivity contribution < 1.29 is 0 Å². The van der Waals surface area contributed by atoms with Gasteiger partial charge in [-0.1, -0.05) is 39.5 Å². The van der Waals surface area contributed by atoms with Crippen LogP contribution in [0.15, 0.2) is 0 Å². The summed E-state index contributed by atoms with van der Waals surface area (Å²) in [6.07, 6.45) is 11.5. The fourth-order valence-corrected chi connectivity index (χ4v) is 4.63. The molecule has 3 fully saturated rings. The van der Waals surface area contributed by atoms with E-state index in [1.54, 1.807) is 0 Å². The van der Waals surface area contributed by atoms with E-state index in [1.165, 1.54) is 64.5 Å². The third-order valence-electron chi connectivity index (χ3n) is 6.57. The van der Waals surface area contributed by atoms with E-state index in [4.69, 9.17) is 0 Å². The summed E-state index contributed by atoms with van der Waals surface area (Å²) in [7, 11) is 0. The average Bonchev–Trinajstić information content (AvgIpc) is 3.33. The zero-order valence-corrected chi connectivity index (χ0v) is 13.8. The molecule has 3 aliphatic rings. The van der Waals surface area contributed by atoms with Gasteiger partial charge in [0.1, 0.15) is 0 Å². The Balaban J connectivity index is 1.74. The fraction of sp³-hybridized carbons (Fsp3) is 1.00. The normalized spacial score (nSPS) is 38.9. The van der Waals surface area contributed by atoms with E-state index in [1.807, 2.05) is 0 Å². The van der Waals surface area contributed by atoms with Crippen LogP contribution in [0, 0.1) is 11.8 Å². The second kappa shape index (κ2) is 5.96. The number of nitrogens with one attached hydrogen (secondary N) is 1. The Hall–Kier alpha value is -0.0800. The predicted molar refractivity (Wildman–Crippen MR) is 86.0 cm³/mol. The molecule has 2 saturated carbocycles. The zero-order chi connectivity index (χ0) is 14.2. The highest BCUT2D eigenvalue weighted by Gasteiger charge is 2.50. The number of hydrogen-bond donors (Lipinski definition) is 1. The van der Waals surface area contributed by atoms with Gasteiger partial charge in [-0.05, 0) is 44.4 Å². The van der Waals surface area contributed by atoms with Crippen molar-refractivity contribution >= 4 is 0 Å². The monoisotopic (exact) mass is 278 g/mol.